The molecule has 0 aromatic heterocycles. The van der Waals surface area contributed by atoms with Gasteiger partial charge in [0.2, 0.25) is 0 Å². The van der Waals surface area contributed by atoms with Crippen LogP contribution in [0.25, 0.3) is 0 Å². The van der Waals surface area contributed by atoms with E-state index in [9.17, 15) is 9.59 Å². The number of rotatable bonds is 3. The first-order chi connectivity index (χ1) is 11.4. The SMILES string of the molecule is C/C(=N/NC(=O)C(=O)Nc1ccc(C)cc1)c1cc(C)ccc1C. The van der Waals surface area contributed by atoms with Crippen molar-refractivity contribution < 1.29 is 9.59 Å². The molecule has 2 N–H and O–H groups in total. The number of anilines is 1. The van der Waals surface area contributed by atoms with E-state index in [0.717, 1.165) is 22.3 Å². The Morgan fingerprint density at radius 1 is 0.875 bits per heavy atom. The summed E-state index contributed by atoms with van der Waals surface area (Å²) in [6, 6.07) is 13.2. The Hall–Kier alpha value is -2.95. The number of hydrazone groups is 1. The number of nitrogens with one attached hydrogen (secondary N) is 2. The Bertz CT molecular complexity index is 793. The lowest BCUT2D eigenvalue weighted by molar-refractivity contribution is -0.136. The summed E-state index contributed by atoms with van der Waals surface area (Å²) in [7, 11) is 0. The van der Waals surface area contributed by atoms with Gasteiger partial charge in [0, 0.05) is 11.3 Å². The number of amides is 2. The smallest absolute Gasteiger partial charge is 0.318 e. The first-order valence-electron chi connectivity index (χ1n) is 7.66. The maximum atomic E-state index is 11.9. The van der Waals surface area contributed by atoms with Gasteiger partial charge >= 0.3 is 11.8 Å². The Labute approximate surface area is 141 Å². The van der Waals surface area contributed by atoms with Crippen molar-refractivity contribution in [3.63, 3.8) is 0 Å². The van der Waals surface area contributed by atoms with E-state index in [4.69, 9.17) is 0 Å². The minimum Gasteiger partial charge on any atom is -0.318 e. The van der Waals surface area contributed by atoms with Crippen LogP contribution in [0.5, 0.6) is 0 Å². The minimum atomic E-state index is -0.805. The van der Waals surface area contributed by atoms with Crippen LogP contribution in [0.3, 0.4) is 0 Å². The highest BCUT2D eigenvalue weighted by Crippen LogP contribution is 2.11. The van der Waals surface area contributed by atoms with Crippen LogP contribution in [-0.4, -0.2) is 17.5 Å². The molecule has 0 unspecified atom stereocenters. The van der Waals surface area contributed by atoms with Gasteiger partial charge in [-0.15, -0.1) is 0 Å². The fourth-order valence-electron chi connectivity index (χ4n) is 2.20. The summed E-state index contributed by atoms with van der Waals surface area (Å²) in [5, 5.41) is 6.56. The molecule has 0 spiro atoms. The number of carbonyl (C=O) groups excluding carboxylic acids is 2. The molecule has 0 aliphatic rings. The van der Waals surface area contributed by atoms with Crippen LogP contribution < -0.4 is 10.7 Å². The van der Waals surface area contributed by atoms with Gasteiger partial charge in [-0.2, -0.15) is 5.10 Å². The van der Waals surface area contributed by atoms with E-state index in [1.54, 1.807) is 19.1 Å². The number of hydrogen-bond acceptors (Lipinski definition) is 3. The van der Waals surface area contributed by atoms with Gasteiger partial charge in [0.15, 0.2) is 0 Å². The lowest BCUT2D eigenvalue weighted by Crippen LogP contribution is -2.33. The predicted octanol–water partition coefficient (Wildman–Crippen LogP) is 3.09. The van der Waals surface area contributed by atoms with Crippen LogP contribution in [0.1, 0.15) is 29.2 Å². The first kappa shape index (κ1) is 17.4. The molecule has 5 nitrogen and oxygen atoms in total. The molecule has 5 heteroatoms. The van der Waals surface area contributed by atoms with E-state index in [2.05, 4.69) is 15.8 Å². The average Bonchev–Trinajstić information content (AvgIpc) is 2.56. The Morgan fingerprint density at radius 2 is 1.50 bits per heavy atom. The molecule has 0 bridgehead atoms. The summed E-state index contributed by atoms with van der Waals surface area (Å²) in [5.74, 6) is -1.56. The highest BCUT2D eigenvalue weighted by atomic mass is 16.2. The van der Waals surface area contributed by atoms with Crippen LogP contribution in [0.15, 0.2) is 47.6 Å². The standard InChI is InChI=1S/C19H21N3O2/c1-12-6-9-16(10-7-12)20-18(23)19(24)22-21-15(4)17-11-13(2)5-8-14(17)3/h5-11H,1-4H3,(H,20,23)(H,22,24)/b21-15-. The molecule has 124 valence electrons. The molecule has 2 rings (SSSR count). The number of nitrogens with zero attached hydrogens (tertiary/aromatic N) is 1. The summed E-state index contributed by atoms with van der Waals surface area (Å²) < 4.78 is 0. The summed E-state index contributed by atoms with van der Waals surface area (Å²) >= 11 is 0. The normalized spacial score (nSPS) is 11.1. The Balaban J connectivity index is 2.01. The third-order valence-corrected chi connectivity index (χ3v) is 3.62. The van der Waals surface area contributed by atoms with E-state index in [1.165, 1.54) is 0 Å². The summed E-state index contributed by atoms with van der Waals surface area (Å²) in [5.41, 5.74) is 7.68. The van der Waals surface area contributed by atoms with E-state index >= 15 is 0 Å². The van der Waals surface area contributed by atoms with Crippen molar-refractivity contribution in [3.8, 4) is 0 Å². The van der Waals surface area contributed by atoms with Crippen molar-refractivity contribution in [2.75, 3.05) is 5.32 Å². The molecule has 0 radical (unpaired) electrons. The van der Waals surface area contributed by atoms with Crippen molar-refractivity contribution in [1.82, 2.24) is 5.43 Å². The Morgan fingerprint density at radius 3 is 2.17 bits per heavy atom. The highest BCUT2D eigenvalue weighted by molar-refractivity contribution is 6.39. The third-order valence-electron chi connectivity index (χ3n) is 3.62. The number of benzene rings is 2. The molecule has 0 saturated heterocycles. The van der Waals surface area contributed by atoms with Crippen LogP contribution in [0.4, 0.5) is 5.69 Å². The Kier molecular flexibility index (Phi) is 5.47. The minimum absolute atomic E-state index is 0.566. The molecule has 0 saturated carbocycles. The molecule has 0 atom stereocenters. The lowest BCUT2D eigenvalue weighted by atomic mass is 10.0. The first-order valence-corrected chi connectivity index (χ1v) is 7.66. The topological polar surface area (TPSA) is 70.6 Å². The molecule has 0 aliphatic carbocycles. The predicted molar refractivity (Wildman–Crippen MR) is 96.1 cm³/mol. The van der Waals surface area contributed by atoms with Gasteiger partial charge < -0.3 is 5.32 Å². The van der Waals surface area contributed by atoms with Crippen LogP contribution in [0, 0.1) is 20.8 Å². The van der Waals surface area contributed by atoms with E-state index < -0.39 is 11.8 Å². The molecule has 2 aromatic rings. The lowest BCUT2D eigenvalue weighted by Gasteiger charge is -2.08. The van der Waals surface area contributed by atoms with E-state index in [0.29, 0.717) is 11.4 Å². The van der Waals surface area contributed by atoms with E-state index in [-0.39, 0.29) is 0 Å². The monoisotopic (exact) mass is 323 g/mol. The zero-order chi connectivity index (χ0) is 17.7. The van der Waals surface area contributed by atoms with Gasteiger partial charge in [-0.3, -0.25) is 9.59 Å². The third kappa shape index (κ3) is 4.52. The molecule has 0 fully saturated rings. The van der Waals surface area contributed by atoms with Gasteiger partial charge in [0.25, 0.3) is 0 Å². The fraction of sp³-hybridized carbons (Fsp3) is 0.211. The van der Waals surface area contributed by atoms with Crippen molar-refractivity contribution in [3.05, 3.63) is 64.7 Å². The molecule has 2 aromatic carbocycles. The highest BCUT2D eigenvalue weighted by Gasteiger charge is 2.13. The van der Waals surface area contributed by atoms with Gasteiger partial charge in [-0.25, -0.2) is 5.43 Å². The van der Waals surface area contributed by atoms with Gasteiger partial charge in [-0.05, 0) is 51.5 Å². The largest absolute Gasteiger partial charge is 0.329 e. The molecule has 0 heterocycles. The maximum Gasteiger partial charge on any atom is 0.329 e. The van der Waals surface area contributed by atoms with Crippen LogP contribution >= 0.6 is 0 Å². The second kappa shape index (κ2) is 7.55. The number of hydrogen-bond donors (Lipinski definition) is 2. The molecular formula is C19H21N3O2. The molecule has 24 heavy (non-hydrogen) atoms. The molecule has 2 amide bonds. The number of aryl methyl sites for hydroxylation is 3. The molecular weight excluding hydrogens is 302 g/mol. The summed E-state index contributed by atoms with van der Waals surface area (Å²) in [4.78, 5) is 23.7. The van der Waals surface area contributed by atoms with Crippen molar-refractivity contribution in [2.24, 2.45) is 5.10 Å². The van der Waals surface area contributed by atoms with E-state index in [1.807, 2.05) is 51.1 Å². The van der Waals surface area contributed by atoms with Gasteiger partial charge in [0.1, 0.15) is 0 Å². The fourth-order valence-corrected chi connectivity index (χ4v) is 2.20. The van der Waals surface area contributed by atoms with Gasteiger partial charge in [0.05, 0.1) is 5.71 Å². The average molecular weight is 323 g/mol. The van der Waals surface area contributed by atoms with Crippen molar-refractivity contribution in [1.29, 1.82) is 0 Å². The maximum absolute atomic E-state index is 11.9. The number of carbonyl (C=O) groups is 2. The van der Waals surface area contributed by atoms with Crippen molar-refractivity contribution in [2.45, 2.75) is 27.7 Å². The summed E-state index contributed by atoms with van der Waals surface area (Å²) in [6.45, 7) is 7.70. The summed E-state index contributed by atoms with van der Waals surface area (Å²) in [6.07, 6.45) is 0. The van der Waals surface area contributed by atoms with Gasteiger partial charge in [-0.1, -0.05) is 35.4 Å². The quantitative estimate of drug-likeness (QED) is 0.518. The van der Waals surface area contributed by atoms with Crippen LogP contribution in [-0.2, 0) is 9.59 Å². The molecule has 0 aliphatic heterocycles. The van der Waals surface area contributed by atoms with Crippen LogP contribution in [0.2, 0.25) is 0 Å². The second-order valence-corrected chi connectivity index (χ2v) is 5.78. The zero-order valence-electron chi connectivity index (χ0n) is 14.3. The zero-order valence-corrected chi connectivity index (χ0v) is 14.3. The van der Waals surface area contributed by atoms with Crippen molar-refractivity contribution >= 4 is 23.2 Å². The second-order valence-electron chi connectivity index (χ2n) is 5.78.